The molecule has 0 aromatic heterocycles. The molecule has 2 rings (SSSR count). The third-order valence-electron chi connectivity index (χ3n) is 3.74. The van der Waals surface area contributed by atoms with Crippen molar-refractivity contribution in [3.63, 3.8) is 0 Å². The summed E-state index contributed by atoms with van der Waals surface area (Å²) in [5.74, 6) is 0. The van der Waals surface area contributed by atoms with Gasteiger partial charge in [0.2, 0.25) is 0 Å². The standard InChI is InChI=1S/C18H26N2O5/c1-18(2,3)25-17(22)20-10-14(15(11-20)23-4)19-16(21)24-12-13-8-6-5-7-9-13/h5-9,14-15H,10-12H2,1-4H3,(H,19,21)/t14-,15-/m1/s1. The lowest BCUT2D eigenvalue weighted by Gasteiger charge is -2.24. The van der Waals surface area contributed by atoms with Gasteiger partial charge in [-0.25, -0.2) is 9.59 Å². The summed E-state index contributed by atoms with van der Waals surface area (Å²) in [5, 5.41) is 2.76. The van der Waals surface area contributed by atoms with E-state index in [0.717, 1.165) is 5.56 Å². The fourth-order valence-corrected chi connectivity index (χ4v) is 2.54. The molecule has 1 aliphatic rings. The molecular weight excluding hydrogens is 324 g/mol. The molecule has 2 atom stereocenters. The summed E-state index contributed by atoms with van der Waals surface area (Å²) >= 11 is 0. The van der Waals surface area contributed by atoms with E-state index < -0.39 is 17.8 Å². The Morgan fingerprint density at radius 3 is 2.48 bits per heavy atom. The van der Waals surface area contributed by atoms with Gasteiger partial charge in [0.1, 0.15) is 12.2 Å². The summed E-state index contributed by atoms with van der Waals surface area (Å²) in [6.45, 7) is 6.29. The number of ether oxygens (including phenoxy) is 3. The van der Waals surface area contributed by atoms with Crippen molar-refractivity contribution in [2.24, 2.45) is 0 Å². The molecule has 25 heavy (non-hydrogen) atoms. The maximum Gasteiger partial charge on any atom is 0.410 e. The average molecular weight is 350 g/mol. The molecule has 0 unspecified atom stereocenters. The molecule has 0 saturated carbocycles. The van der Waals surface area contributed by atoms with Crippen LogP contribution in [0.5, 0.6) is 0 Å². The maximum absolute atomic E-state index is 12.2. The Labute approximate surface area is 148 Å². The molecule has 1 aromatic carbocycles. The van der Waals surface area contributed by atoms with Crippen LogP contribution in [0.3, 0.4) is 0 Å². The molecule has 138 valence electrons. The SMILES string of the molecule is CO[C@@H]1CN(C(=O)OC(C)(C)C)C[C@H]1NC(=O)OCc1ccccc1. The van der Waals surface area contributed by atoms with E-state index in [9.17, 15) is 9.59 Å². The van der Waals surface area contributed by atoms with Gasteiger partial charge in [-0.15, -0.1) is 0 Å². The molecule has 0 aliphatic carbocycles. The third kappa shape index (κ3) is 5.94. The molecule has 7 nitrogen and oxygen atoms in total. The minimum Gasteiger partial charge on any atom is -0.445 e. The lowest BCUT2D eigenvalue weighted by atomic mass is 10.2. The van der Waals surface area contributed by atoms with Crippen molar-refractivity contribution >= 4 is 12.2 Å². The molecule has 0 spiro atoms. The van der Waals surface area contributed by atoms with E-state index in [1.54, 1.807) is 7.11 Å². The van der Waals surface area contributed by atoms with Crippen LogP contribution in [0.25, 0.3) is 0 Å². The number of methoxy groups -OCH3 is 1. The minimum absolute atomic E-state index is 0.187. The smallest absolute Gasteiger partial charge is 0.410 e. The van der Waals surface area contributed by atoms with E-state index in [-0.39, 0.29) is 18.8 Å². The van der Waals surface area contributed by atoms with Crippen LogP contribution in [0.1, 0.15) is 26.3 Å². The zero-order valence-corrected chi connectivity index (χ0v) is 15.2. The molecule has 2 amide bonds. The Morgan fingerprint density at radius 2 is 1.88 bits per heavy atom. The van der Waals surface area contributed by atoms with Gasteiger partial charge in [0, 0.05) is 13.7 Å². The molecule has 1 saturated heterocycles. The fraction of sp³-hybridized carbons (Fsp3) is 0.556. The van der Waals surface area contributed by atoms with Crippen LogP contribution in [0.15, 0.2) is 30.3 Å². The Hall–Kier alpha value is -2.28. The molecule has 1 N–H and O–H groups in total. The van der Waals surface area contributed by atoms with Crippen molar-refractivity contribution in [3.05, 3.63) is 35.9 Å². The van der Waals surface area contributed by atoms with Crippen molar-refractivity contribution in [1.29, 1.82) is 0 Å². The van der Waals surface area contributed by atoms with E-state index in [1.165, 1.54) is 4.90 Å². The molecule has 7 heteroatoms. The number of nitrogens with one attached hydrogen (secondary N) is 1. The molecule has 1 aromatic rings. The number of carbonyl (C=O) groups excluding carboxylic acids is 2. The predicted molar refractivity (Wildman–Crippen MR) is 92.2 cm³/mol. The number of benzene rings is 1. The van der Waals surface area contributed by atoms with Gasteiger partial charge in [0.05, 0.1) is 18.7 Å². The number of nitrogens with zero attached hydrogens (tertiary/aromatic N) is 1. The highest BCUT2D eigenvalue weighted by Gasteiger charge is 2.38. The van der Waals surface area contributed by atoms with Gasteiger partial charge < -0.3 is 24.4 Å². The number of alkyl carbamates (subject to hydrolysis) is 1. The number of amides is 2. The Kier molecular flexibility index (Phi) is 6.25. The zero-order chi connectivity index (χ0) is 18.4. The van der Waals surface area contributed by atoms with Crippen molar-refractivity contribution in [3.8, 4) is 0 Å². The average Bonchev–Trinajstić information content (AvgIpc) is 2.95. The number of carbonyl (C=O) groups is 2. The first-order chi connectivity index (χ1) is 11.8. The molecule has 0 bridgehead atoms. The van der Waals surface area contributed by atoms with Crippen LogP contribution in [-0.4, -0.2) is 55.0 Å². The summed E-state index contributed by atoms with van der Waals surface area (Å²) in [6.07, 6.45) is -1.27. The van der Waals surface area contributed by atoms with Gasteiger partial charge in [-0.05, 0) is 26.3 Å². The fourth-order valence-electron chi connectivity index (χ4n) is 2.54. The Balaban J connectivity index is 1.85. The predicted octanol–water partition coefficient (Wildman–Crippen LogP) is 2.55. The molecule has 1 fully saturated rings. The second-order valence-electron chi connectivity index (χ2n) is 6.97. The van der Waals surface area contributed by atoms with Crippen LogP contribution in [0, 0.1) is 0 Å². The van der Waals surface area contributed by atoms with E-state index in [1.807, 2.05) is 51.1 Å². The van der Waals surface area contributed by atoms with Gasteiger partial charge in [-0.2, -0.15) is 0 Å². The van der Waals surface area contributed by atoms with Gasteiger partial charge in [0.15, 0.2) is 0 Å². The van der Waals surface area contributed by atoms with Crippen LogP contribution in [0.2, 0.25) is 0 Å². The van der Waals surface area contributed by atoms with E-state index in [0.29, 0.717) is 13.1 Å². The highest BCUT2D eigenvalue weighted by atomic mass is 16.6. The van der Waals surface area contributed by atoms with Crippen molar-refractivity contribution in [1.82, 2.24) is 10.2 Å². The first kappa shape index (κ1) is 19.1. The summed E-state index contributed by atoms with van der Waals surface area (Å²) in [4.78, 5) is 25.7. The lowest BCUT2D eigenvalue weighted by Crippen LogP contribution is -2.44. The van der Waals surface area contributed by atoms with Gasteiger partial charge in [0.25, 0.3) is 0 Å². The monoisotopic (exact) mass is 350 g/mol. The van der Waals surface area contributed by atoms with E-state index >= 15 is 0 Å². The van der Waals surface area contributed by atoms with E-state index in [4.69, 9.17) is 14.2 Å². The van der Waals surface area contributed by atoms with Crippen LogP contribution in [-0.2, 0) is 20.8 Å². The lowest BCUT2D eigenvalue weighted by molar-refractivity contribution is 0.0252. The van der Waals surface area contributed by atoms with Gasteiger partial charge >= 0.3 is 12.2 Å². The maximum atomic E-state index is 12.2. The molecule has 1 heterocycles. The van der Waals surface area contributed by atoms with Crippen LogP contribution >= 0.6 is 0 Å². The van der Waals surface area contributed by atoms with Crippen molar-refractivity contribution in [2.45, 2.75) is 45.1 Å². The van der Waals surface area contributed by atoms with Crippen LogP contribution in [0.4, 0.5) is 9.59 Å². The van der Waals surface area contributed by atoms with Gasteiger partial charge in [-0.1, -0.05) is 30.3 Å². The number of hydrogen-bond donors (Lipinski definition) is 1. The minimum atomic E-state index is -0.570. The molecular formula is C18H26N2O5. The number of likely N-dealkylation sites (tertiary alicyclic amines) is 1. The quantitative estimate of drug-likeness (QED) is 0.903. The second kappa shape index (κ2) is 8.20. The number of hydrogen-bond acceptors (Lipinski definition) is 5. The third-order valence-corrected chi connectivity index (χ3v) is 3.74. The topological polar surface area (TPSA) is 77.1 Å². The highest BCUT2D eigenvalue weighted by Crippen LogP contribution is 2.17. The first-order valence-electron chi connectivity index (χ1n) is 8.26. The summed E-state index contributed by atoms with van der Waals surface area (Å²) in [7, 11) is 1.55. The summed E-state index contributed by atoms with van der Waals surface area (Å²) in [6, 6.07) is 9.08. The first-order valence-corrected chi connectivity index (χ1v) is 8.26. The summed E-state index contributed by atoms with van der Waals surface area (Å²) < 4.78 is 16.0. The normalized spacial score (nSPS) is 20.2. The molecule has 1 aliphatic heterocycles. The van der Waals surface area contributed by atoms with Gasteiger partial charge in [-0.3, -0.25) is 0 Å². The number of rotatable bonds is 4. The van der Waals surface area contributed by atoms with E-state index in [2.05, 4.69) is 5.32 Å². The molecule has 0 radical (unpaired) electrons. The second-order valence-corrected chi connectivity index (χ2v) is 6.97. The largest absolute Gasteiger partial charge is 0.445 e. The van der Waals surface area contributed by atoms with Crippen molar-refractivity contribution in [2.75, 3.05) is 20.2 Å². The van der Waals surface area contributed by atoms with Crippen molar-refractivity contribution < 1.29 is 23.8 Å². The Morgan fingerprint density at radius 1 is 1.20 bits per heavy atom. The Bertz CT molecular complexity index is 585. The van der Waals surface area contributed by atoms with Crippen LogP contribution < -0.4 is 5.32 Å². The highest BCUT2D eigenvalue weighted by molar-refractivity contribution is 5.70. The summed E-state index contributed by atoms with van der Waals surface area (Å²) in [5.41, 5.74) is 0.336. The zero-order valence-electron chi connectivity index (χ0n) is 15.2.